The number of nitrogens with one attached hydrogen (secondary N) is 3. The van der Waals surface area contributed by atoms with Crippen LogP contribution in [-0.4, -0.2) is 37.7 Å². The Morgan fingerprint density at radius 1 is 1.00 bits per heavy atom. The van der Waals surface area contributed by atoms with Gasteiger partial charge in [0.15, 0.2) is 0 Å². The van der Waals surface area contributed by atoms with Gasteiger partial charge in [-0.1, -0.05) is 41.9 Å². The van der Waals surface area contributed by atoms with Gasteiger partial charge >= 0.3 is 0 Å². The second-order valence-electron chi connectivity index (χ2n) is 7.46. The van der Waals surface area contributed by atoms with Crippen LogP contribution in [-0.2, 0) is 0 Å². The van der Waals surface area contributed by atoms with Gasteiger partial charge in [-0.15, -0.1) is 0 Å². The molecule has 0 saturated carbocycles. The second kappa shape index (κ2) is 7.43. The van der Waals surface area contributed by atoms with Crippen molar-refractivity contribution in [2.24, 2.45) is 0 Å². The van der Waals surface area contributed by atoms with Crippen LogP contribution in [0.2, 0.25) is 5.02 Å². The van der Waals surface area contributed by atoms with Crippen LogP contribution in [0.5, 0.6) is 0 Å². The van der Waals surface area contributed by atoms with Gasteiger partial charge in [0.2, 0.25) is 0 Å². The van der Waals surface area contributed by atoms with Gasteiger partial charge < -0.3 is 14.8 Å². The SMILES string of the molecule is CC[NH+]1CC[NH+](C(c2ccc(Cl)cc2)c2c(C)[nH]c3ccccc23)CC1. The van der Waals surface area contributed by atoms with E-state index in [0.29, 0.717) is 6.04 Å². The molecule has 1 aliphatic heterocycles. The summed E-state index contributed by atoms with van der Waals surface area (Å²) >= 11 is 6.17. The number of aryl methyl sites for hydroxylation is 1. The standard InChI is InChI=1S/C22H26ClN3/c1-3-25-12-14-26(15-13-25)22(17-8-10-18(23)11-9-17)21-16(2)24-20-7-5-4-6-19(20)21/h4-11,22,24H,3,12-15H2,1-2H3/p+2. The summed E-state index contributed by atoms with van der Waals surface area (Å²) < 4.78 is 0. The third-order valence-corrected chi connectivity index (χ3v) is 6.19. The molecule has 1 fully saturated rings. The quantitative estimate of drug-likeness (QED) is 0.627. The first kappa shape index (κ1) is 17.6. The van der Waals surface area contributed by atoms with Gasteiger partial charge in [-0.3, -0.25) is 0 Å². The molecule has 1 atom stereocenters. The number of H-pyrrole nitrogens is 1. The van der Waals surface area contributed by atoms with Crippen LogP contribution in [0.15, 0.2) is 48.5 Å². The summed E-state index contributed by atoms with van der Waals surface area (Å²) in [5.74, 6) is 0. The second-order valence-corrected chi connectivity index (χ2v) is 7.89. The predicted octanol–water partition coefficient (Wildman–Crippen LogP) is 2.02. The maximum Gasteiger partial charge on any atom is 0.142 e. The molecule has 0 bridgehead atoms. The average molecular weight is 370 g/mol. The summed E-state index contributed by atoms with van der Waals surface area (Å²) in [4.78, 5) is 6.99. The van der Waals surface area contributed by atoms with Crippen LogP contribution in [0.1, 0.15) is 29.8 Å². The number of halogens is 1. The van der Waals surface area contributed by atoms with Crippen molar-refractivity contribution < 1.29 is 9.80 Å². The first-order valence-electron chi connectivity index (χ1n) is 9.68. The van der Waals surface area contributed by atoms with Crippen molar-refractivity contribution in [3.05, 3.63) is 70.4 Å². The number of fused-ring (bicyclic) bond motifs is 1. The molecule has 136 valence electrons. The highest BCUT2D eigenvalue weighted by Gasteiger charge is 2.34. The monoisotopic (exact) mass is 369 g/mol. The number of hydrogen-bond donors (Lipinski definition) is 3. The molecule has 0 spiro atoms. The average Bonchev–Trinajstić information content (AvgIpc) is 3.00. The van der Waals surface area contributed by atoms with Crippen molar-refractivity contribution in [2.75, 3.05) is 32.7 Å². The van der Waals surface area contributed by atoms with E-state index >= 15 is 0 Å². The highest BCUT2D eigenvalue weighted by molar-refractivity contribution is 6.30. The Kier molecular flexibility index (Phi) is 5.03. The summed E-state index contributed by atoms with van der Waals surface area (Å²) in [5.41, 5.74) is 5.31. The summed E-state index contributed by atoms with van der Waals surface area (Å²) in [6, 6.07) is 17.5. The first-order chi connectivity index (χ1) is 12.7. The number of quaternary nitrogens is 2. The van der Waals surface area contributed by atoms with Gasteiger partial charge in [0.25, 0.3) is 0 Å². The highest BCUT2D eigenvalue weighted by atomic mass is 35.5. The Bertz CT molecular complexity index is 876. The Morgan fingerprint density at radius 2 is 1.69 bits per heavy atom. The smallest absolute Gasteiger partial charge is 0.142 e. The molecule has 4 heteroatoms. The van der Waals surface area contributed by atoms with Gasteiger partial charge in [0.1, 0.15) is 32.2 Å². The summed E-state index contributed by atoms with van der Waals surface area (Å²) in [7, 11) is 0. The largest absolute Gasteiger partial charge is 0.358 e. The van der Waals surface area contributed by atoms with Gasteiger partial charge in [-0.25, -0.2) is 0 Å². The fourth-order valence-electron chi connectivity index (χ4n) is 4.50. The Hall–Kier alpha value is -1.81. The molecule has 2 aromatic carbocycles. The van der Waals surface area contributed by atoms with E-state index in [4.69, 9.17) is 11.6 Å². The van der Waals surface area contributed by atoms with Crippen LogP contribution in [0, 0.1) is 6.92 Å². The van der Waals surface area contributed by atoms with Crippen molar-refractivity contribution in [1.82, 2.24) is 4.98 Å². The molecular weight excluding hydrogens is 342 g/mol. The van der Waals surface area contributed by atoms with Crippen LogP contribution in [0.3, 0.4) is 0 Å². The van der Waals surface area contributed by atoms with E-state index < -0.39 is 0 Å². The lowest BCUT2D eigenvalue weighted by Crippen LogP contribution is -3.28. The molecule has 0 aliphatic carbocycles. The molecule has 1 saturated heterocycles. The Balaban J connectivity index is 1.80. The van der Waals surface area contributed by atoms with Gasteiger partial charge in [-0.2, -0.15) is 0 Å². The highest BCUT2D eigenvalue weighted by Crippen LogP contribution is 2.30. The summed E-state index contributed by atoms with van der Waals surface area (Å²) in [5, 5.41) is 2.15. The molecule has 26 heavy (non-hydrogen) atoms. The van der Waals surface area contributed by atoms with Crippen LogP contribution in [0.25, 0.3) is 10.9 Å². The van der Waals surface area contributed by atoms with E-state index in [1.807, 2.05) is 12.1 Å². The molecule has 4 rings (SSSR count). The maximum atomic E-state index is 6.17. The van der Waals surface area contributed by atoms with E-state index in [1.165, 1.54) is 60.4 Å². The predicted molar refractivity (Wildman–Crippen MR) is 108 cm³/mol. The molecule has 1 aromatic heterocycles. The van der Waals surface area contributed by atoms with Crippen LogP contribution < -0.4 is 9.80 Å². The molecule has 3 nitrogen and oxygen atoms in total. The number of hydrogen-bond acceptors (Lipinski definition) is 0. The lowest BCUT2D eigenvalue weighted by Gasteiger charge is -2.35. The van der Waals surface area contributed by atoms with Gasteiger partial charge in [0.05, 0.1) is 6.54 Å². The van der Waals surface area contributed by atoms with E-state index in [9.17, 15) is 0 Å². The molecule has 0 radical (unpaired) electrons. The van der Waals surface area contributed by atoms with Crippen LogP contribution in [0.4, 0.5) is 0 Å². The topological polar surface area (TPSA) is 24.7 Å². The Labute approximate surface area is 160 Å². The van der Waals surface area contributed by atoms with Crippen molar-refractivity contribution >= 4 is 22.5 Å². The third-order valence-electron chi connectivity index (χ3n) is 5.94. The molecule has 1 unspecified atom stereocenters. The van der Waals surface area contributed by atoms with Crippen LogP contribution >= 0.6 is 11.6 Å². The maximum absolute atomic E-state index is 6.17. The van der Waals surface area contributed by atoms with E-state index in [-0.39, 0.29) is 0 Å². The minimum atomic E-state index is 0.349. The zero-order valence-corrected chi connectivity index (χ0v) is 16.4. The molecule has 1 aliphatic rings. The van der Waals surface area contributed by atoms with Gasteiger partial charge in [-0.05, 0) is 32.0 Å². The minimum absolute atomic E-state index is 0.349. The zero-order valence-electron chi connectivity index (χ0n) is 15.6. The number of benzene rings is 2. The number of likely N-dealkylation sites (N-methyl/N-ethyl adjacent to an activating group) is 1. The molecule has 2 heterocycles. The van der Waals surface area contributed by atoms with E-state index in [0.717, 1.165) is 5.02 Å². The number of para-hydroxylation sites is 1. The number of rotatable bonds is 4. The number of piperazine rings is 1. The first-order valence-corrected chi connectivity index (χ1v) is 10.1. The third kappa shape index (κ3) is 3.27. The molecule has 3 aromatic rings. The van der Waals surface area contributed by atoms with E-state index in [2.05, 4.69) is 55.2 Å². The Morgan fingerprint density at radius 3 is 2.38 bits per heavy atom. The van der Waals surface area contributed by atoms with Crippen molar-refractivity contribution in [3.63, 3.8) is 0 Å². The number of aromatic amines is 1. The summed E-state index contributed by atoms with van der Waals surface area (Å²) in [6.07, 6.45) is 0. The lowest BCUT2D eigenvalue weighted by atomic mass is 9.94. The van der Waals surface area contributed by atoms with Crippen molar-refractivity contribution in [1.29, 1.82) is 0 Å². The normalized spacial score (nSPS) is 21.8. The zero-order chi connectivity index (χ0) is 18.1. The molecule has 3 N–H and O–H groups in total. The lowest BCUT2D eigenvalue weighted by molar-refractivity contribution is -1.02. The fourth-order valence-corrected chi connectivity index (χ4v) is 4.62. The fraction of sp³-hybridized carbons (Fsp3) is 0.364. The molecular formula is C22H28ClN3+2. The van der Waals surface area contributed by atoms with E-state index in [1.54, 1.807) is 9.80 Å². The number of aromatic nitrogens is 1. The molecule has 0 amide bonds. The summed E-state index contributed by atoms with van der Waals surface area (Å²) in [6.45, 7) is 10.6. The van der Waals surface area contributed by atoms with Crippen molar-refractivity contribution in [3.8, 4) is 0 Å². The van der Waals surface area contributed by atoms with Crippen molar-refractivity contribution in [2.45, 2.75) is 19.9 Å². The minimum Gasteiger partial charge on any atom is -0.358 e. The van der Waals surface area contributed by atoms with Gasteiger partial charge in [0, 0.05) is 32.7 Å².